The number of anilines is 1. The summed E-state index contributed by atoms with van der Waals surface area (Å²) >= 11 is 2.99. The molecular weight excluding hydrogens is 342 g/mol. The van der Waals surface area contributed by atoms with Crippen LogP contribution in [-0.2, 0) is 0 Å². The molecular formula is C16H13N5OS2. The van der Waals surface area contributed by atoms with Crippen molar-refractivity contribution in [3.8, 4) is 11.4 Å². The minimum Gasteiger partial charge on any atom is -0.383 e. The molecule has 1 atom stereocenters. The zero-order valence-electron chi connectivity index (χ0n) is 12.7. The number of nitrogens with two attached hydrogens (primary N) is 1. The van der Waals surface area contributed by atoms with E-state index in [-0.39, 0.29) is 5.25 Å². The summed E-state index contributed by atoms with van der Waals surface area (Å²) in [7, 11) is 0. The Morgan fingerprint density at radius 3 is 2.79 bits per heavy atom. The molecule has 6 nitrogen and oxygen atoms in total. The van der Waals surface area contributed by atoms with Crippen LogP contribution in [0.5, 0.6) is 0 Å². The Labute approximate surface area is 146 Å². The van der Waals surface area contributed by atoms with Crippen molar-refractivity contribution in [1.82, 2.24) is 20.1 Å². The summed E-state index contributed by atoms with van der Waals surface area (Å²) in [6.07, 6.45) is 0. The number of aromatic nitrogens is 4. The molecule has 0 aliphatic carbocycles. The number of rotatable bonds is 4. The molecule has 24 heavy (non-hydrogen) atoms. The first-order chi connectivity index (χ1) is 11.7. The predicted octanol–water partition coefficient (Wildman–Crippen LogP) is 4.18. The van der Waals surface area contributed by atoms with Gasteiger partial charge in [-0.2, -0.15) is 4.98 Å². The van der Waals surface area contributed by atoms with Gasteiger partial charge in [-0.25, -0.2) is 9.97 Å². The summed E-state index contributed by atoms with van der Waals surface area (Å²) in [5.74, 6) is 1.60. The SMILES string of the molecule is C[C@@H](Sc1nc(N)c2ccsc2n1)c1nc(-c2ccccc2)no1. The molecule has 0 saturated heterocycles. The van der Waals surface area contributed by atoms with Gasteiger partial charge in [0.25, 0.3) is 0 Å². The van der Waals surface area contributed by atoms with Crippen molar-refractivity contribution in [3.63, 3.8) is 0 Å². The zero-order chi connectivity index (χ0) is 16.5. The maximum Gasteiger partial charge on any atom is 0.240 e. The normalized spacial score (nSPS) is 12.5. The van der Waals surface area contributed by atoms with Crippen molar-refractivity contribution in [2.45, 2.75) is 17.3 Å². The van der Waals surface area contributed by atoms with E-state index in [0.717, 1.165) is 15.8 Å². The Bertz CT molecular complexity index is 982. The number of fused-ring (bicyclic) bond motifs is 1. The lowest BCUT2D eigenvalue weighted by Gasteiger charge is -2.05. The third kappa shape index (κ3) is 2.85. The third-order valence-electron chi connectivity index (χ3n) is 3.44. The average molecular weight is 355 g/mol. The van der Waals surface area contributed by atoms with Crippen LogP contribution in [0.25, 0.3) is 21.6 Å². The molecule has 4 rings (SSSR count). The number of nitrogen functional groups attached to an aromatic ring is 1. The van der Waals surface area contributed by atoms with E-state index in [0.29, 0.717) is 22.7 Å². The first-order valence-electron chi connectivity index (χ1n) is 7.27. The van der Waals surface area contributed by atoms with Gasteiger partial charge in [0.05, 0.1) is 10.6 Å². The largest absolute Gasteiger partial charge is 0.383 e. The summed E-state index contributed by atoms with van der Waals surface area (Å²) in [4.78, 5) is 14.2. The van der Waals surface area contributed by atoms with Gasteiger partial charge in [0, 0.05) is 5.56 Å². The average Bonchev–Trinajstić information content (AvgIpc) is 3.25. The molecule has 3 aromatic heterocycles. The molecule has 0 bridgehead atoms. The molecule has 2 N–H and O–H groups in total. The van der Waals surface area contributed by atoms with Crippen molar-refractivity contribution >= 4 is 39.1 Å². The van der Waals surface area contributed by atoms with Crippen LogP contribution in [0.3, 0.4) is 0 Å². The second-order valence-electron chi connectivity index (χ2n) is 5.11. The lowest BCUT2D eigenvalue weighted by Crippen LogP contribution is -1.97. The van der Waals surface area contributed by atoms with Gasteiger partial charge in [0.15, 0.2) is 5.16 Å². The van der Waals surface area contributed by atoms with E-state index < -0.39 is 0 Å². The highest BCUT2D eigenvalue weighted by atomic mass is 32.2. The third-order valence-corrected chi connectivity index (χ3v) is 5.19. The predicted molar refractivity (Wildman–Crippen MR) is 95.8 cm³/mol. The van der Waals surface area contributed by atoms with E-state index in [1.54, 1.807) is 11.3 Å². The van der Waals surface area contributed by atoms with Gasteiger partial charge in [0.2, 0.25) is 11.7 Å². The van der Waals surface area contributed by atoms with Gasteiger partial charge < -0.3 is 10.3 Å². The summed E-state index contributed by atoms with van der Waals surface area (Å²) < 4.78 is 5.39. The number of benzene rings is 1. The maximum atomic E-state index is 5.99. The van der Waals surface area contributed by atoms with Gasteiger partial charge in [-0.05, 0) is 18.4 Å². The van der Waals surface area contributed by atoms with Crippen LogP contribution in [0.4, 0.5) is 5.82 Å². The Morgan fingerprint density at radius 2 is 1.96 bits per heavy atom. The first-order valence-corrected chi connectivity index (χ1v) is 9.03. The standard InChI is InChI=1S/C16H13N5OS2/c1-9(14-19-13(21-22-14)10-5-3-2-4-6-10)24-16-18-12(17)11-7-8-23-15(11)20-16/h2-9H,1H3,(H2,17,18,20)/t9-/m1/s1. The van der Waals surface area contributed by atoms with Crippen LogP contribution in [0.2, 0.25) is 0 Å². The molecule has 0 spiro atoms. The van der Waals surface area contributed by atoms with Gasteiger partial charge in [0.1, 0.15) is 10.6 Å². The molecule has 4 aromatic rings. The number of hydrogen-bond acceptors (Lipinski definition) is 8. The molecule has 1 aromatic carbocycles. The minimum absolute atomic E-state index is 0.0771. The monoisotopic (exact) mass is 355 g/mol. The van der Waals surface area contributed by atoms with Crippen molar-refractivity contribution in [3.05, 3.63) is 47.7 Å². The molecule has 0 unspecified atom stereocenters. The van der Waals surface area contributed by atoms with Gasteiger partial charge in [-0.3, -0.25) is 0 Å². The van der Waals surface area contributed by atoms with Crippen LogP contribution in [0, 0.1) is 0 Å². The van der Waals surface area contributed by atoms with Crippen LogP contribution in [0.1, 0.15) is 18.1 Å². The van der Waals surface area contributed by atoms with E-state index >= 15 is 0 Å². The lowest BCUT2D eigenvalue weighted by atomic mass is 10.2. The number of thiophene rings is 1. The topological polar surface area (TPSA) is 90.7 Å². The Morgan fingerprint density at radius 1 is 1.12 bits per heavy atom. The quantitative estimate of drug-likeness (QED) is 0.434. The minimum atomic E-state index is -0.0771. The second-order valence-corrected chi connectivity index (χ2v) is 7.32. The van der Waals surface area contributed by atoms with Crippen LogP contribution >= 0.6 is 23.1 Å². The smallest absolute Gasteiger partial charge is 0.240 e. The summed E-state index contributed by atoms with van der Waals surface area (Å²) in [5.41, 5.74) is 6.91. The highest BCUT2D eigenvalue weighted by Crippen LogP contribution is 2.35. The van der Waals surface area contributed by atoms with Crippen molar-refractivity contribution in [1.29, 1.82) is 0 Å². The molecule has 8 heteroatoms. The van der Waals surface area contributed by atoms with Crippen molar-refractivity contribution in [2.24, 2.45) is 0 Å². The fraction of sp³-hybridized carbons (Fsp3) is 0.125. The molecule has 120 valence electrons. The fourth-order valence-corrected chi connectivity index (χ4v) is 3.86. The maximum absolute atomic E-state index is 5.99. The Balaban J connectivity index is 1.57. The molecule has 0 aliphatic rings. The highest BCUT2D eigenvalue weighted by Gasteiger charge is 2.18. The number of hydrogen-bond donors (Lipinski definition) is 1. The fourth-order valence-electron chi connectivity index (χ4n) is 2.22. The van der Waals surface area contributed by atoms with Gasteiger partial charge in [-0.15, -0.1) is 11.3 Å². The summed E-state index contributed by atoms with van der Waals surface area (Å²) in [5, 5.41) is 7.42. The van der Waals surface area contributed by atoms with Crippen LogP contribution < -0.4 is 5.73 Å². The molecule has 0 radical (unpaired) electrons. The highest BCUT2D eigenvalue weighted by molar-refractivity contribution is 7.99. The van der Waals surface area contributed by atoms with Gasteiger partial charge >= 0.3 is 0 Å². The zero-order valence-corrected chi connectivity index (χ0v) is 14.3. The molecule has 3 heterocycles. The van der Waals surface area contributed by atoms with E-state index in [1.165, 1.54) is 11.8 Å². The molecule has 0 saturated carbocycles. The lowest BCUT2D eigenvalue weighted by molar-refractivity contribution is 0.380. The van der Waals surface area contributed by atoms with E-state index in [4.69, 9.17) is 10.3 Å². The number of thioether (sulfide) groups is 1. The van der Waals surface area contributed by atoms with Crippen LogP contribution in [0.15, 0.2) is 51.5 Å². The van der Waals surface area contributed by atoms with Gasteiger partial charge in [-0.1, -0.05) is 47.3 Å². The first kappa shape index (κ1) is 15.1. The van der Waals surface area contributed by atoms with E-state index in [2.05, 4.69) is 20.1 Å². The Hall–Kier alpha value is -2.45. The molecule has 0 aliphatic heterocycles. The Kier molecular flexibility index (Phi) is 3.91. The van der Waals surface area contributed by atoms with Crippen LogP contribution in [-0.4, -0.2) is 20.1 Å². The second kappa shape index (κ2) is 6.21. The summed E-state index contributed by atoms with van der Waals surface area (Å²) in [6.45, 7) is 1.98. The summed E-state index contributed by atoms with van der Waals surface area (Å²) in [6, 6.07) is 11.7. The molecule has 0 amide bonds. The van der Waals surface area contributed by atoms with Crippen molar-refractivity contribution < 1.29 is 4.52 Å². The van der Waals surface area contributed by atoms with E-state index in [9.17, 15) is 0 Å². The molecule has 0 fully saturated rings. The number of nitrogens with zero attached hydrogens (tertiary/aromatic N) is 4. The van der Waals surface area contributed by atoms with E-state index in [1.807, 2.05) is 48.7 Å². The van der Waals surface area contributed by atoms with Crippen molar-refractivity contribution in [2.75, 3.05) is 5.73 Å².